The Balaban J connectivity index is 2.27. The summed E-state index contributed by atoms with van der Waals surface area (Å²) < 4.78 is 5.22. The molecule has 17 heavy (non-hydrogen) atoms. The largest absolute Gasteiger partial charge is 0.460 e. The molecule has 0 amide bonds. The second-order valence-electron chi connectivity index (χ2n) is 4.68. The Morgan fingerprint density at radius 1 is 1.53 bits per heavy atom. The highest BCUT2D eigenvalue weighted by atomic mass is 32.1. The van der Waals surface area contributed by atoms with Crippen molar-refractivity contribution in [3.63, 3.8) is 0 Å². The van der Waals surface area contributed by atoms with Crippen LogP contribution in [0.5, 0.6) is 0 Å². The maximum Gasteiger partial charge on any atom is 0.306 e. The number of carbonyl (C=O) groups is 1. The van der Waals surface area contributed by atoms with Gasteiger partial charge in [0.25, 0.3) is 0 Å². The molecule has 4 heteroatoms. The second kappa shape index (κ2) is 7.45. The Bertz CT molecular complexity index is 322. The zero-order valence-electron chi connectivity index (χ0n) is 10.5. The Labute approximate surface area is 107 Å². The monoisotopic (exact) mass is 255 g/mol. The van der Waals surface area contributed by atoms with Crippen LogP contribution in [0, 0.1) is 11.8 Å². The van der Waals surface area contributed by atoms with E-state index in [-0.39, 0.29) is 11.9 Å². The van der Waals surface area contributed by atoms with Crippen molar-refractivity contribution in [1.82, 2.24) is 0 Å². The zero-order valence-corrected chi connectivity index (χ0v) is 11.3. The third-order valence-electron chi connectivity index (χ3n) is 2.55. The van der Waals surface area contributed by atoms with E-state index < -0.39 is 0 Å². The third kappa shape index (κ3) is 5.84. The van der Waals surface area contributed by atoms with E-state index in [4.69, 9.17) is 10.5 Å². The van der Waals surface area contributed by atoms with Gasteiger partial charge in [-0.1, -0.05) is 19.9 Å². The van der Waals surface area contributed by atoms with E-state index in [9.17, 15) is 4.79 Å². The number of hydrogen-bond donors (Lipinski definition) is 1. The highest BCUT2D eigenvalue weighted by molar-refractivity contribution is 7.09. The molecule has 0 saturated carbocycles. The van der Waals surface area contributed by atoms with Gasteiger partial charge in [0.1, 0.15) is 6.61 Å². The molecule has 3 nitrogen and oxygen atoms in total. The molecule has 0 fully saturated rings. The predicted molar refractivity (Wildman–Crippen MR) is 70.7 cm³/mol. The lowest BCUT2D eigenvalue weighted by molar-refractivity contribution is -0.146. The molecule has 0 spiro atoms. The van der Waals surface area contributed by atoms with E-state index in [0.29, 0.717) is 25.5 Å². The fourth-order valence-electron chi connectivity index (χ4n) is 1.77. The third-order valence-corrected chi connectivity index (χ3v) is 3.40. The standard InChI is InChI=1S/C13H21NO2S/c1-10(2)6-11(8-14)7-13(15)16-9-12-4-3-5-17-12/h3-5,10-11H,6-9,14H2,1-2H3/t11-/m0/s1. The van der Waals surface area contributed by atoms with Gasteiger partial charge in [-0.3, -0.25) is 4.79 Å². The average molecular weight is 255 g/mol. The number of carbonyl (C=O) groups excluding carboxylic acids is 1. The first-order valence-electron chi connectivity index (χ1n) is 6.00. The lowest BCUT2D eigenvalue weighted by Crippen LogP contribution is -2.21. The Kier molecular flexibility index (Phi) is 6.22. The topological polar surface area (TPSA) is 52.3 Å². The summed E-state index contributed by atoms with van der Waals surface area (Å²) in [6, 6.07) is 3.92. The van der Waals surface area contributed by atoms with Crippen molar-refractivity contribution in [1.29, 1.82) is 0 Å². The summed E-state index contributed by atoms with van der Waals surface area (Å²) in [5, 5.41) is 1.98. The summed E-state index contributed by atoms with van der Waals surface area (Å²) in [6.45, 7) is 5.21. The molecule has 0 unspecified atom stereocenters. The van der Waals surface area contributed by atoms with Gasteiger partial charge in [-0.2, -0.15) is 0 Å². The molecule has 0 bridgehead atoms. The lowest BCUT2D eigenvalue weighted by atomic mass is 9.94. The lowest BCUT2D eigenvalue weighted by Gasteiger charge is -2.15. The molecule has 1 rings (SSSR count). The molecule has 0 radical (unpaired) electrons. The molecule has 1 aromatic rings. The molecule has 0 aliphatic heterocycles. The molecule has 1 heterocycles. The minimum atomic E-state index is -0.144. The van der Waals surface area contributed by atoms with Gasteiger partial charge in [0, 0.05) is 11.3 Å². The van der Waals surface area contributed by atoms with Crippen LogP contribution in [0.15, 0.2) is 17.5 Å². The number of esters is 1. The second-order valence-corrected chi connectivity index (χ2v) is 5.71. The van der Waals surface area contributed by atoms with Crippen molar-refractivity contribution in [2.24, 2.45) is 17.6 Å². The molecule has 2 N–H and O–H groups in total. The van der Waals surface area contributed by atoms with Gasteiger partial charge < -0.3 is 10.5 Å². The fraction of sp³-hybridized carbons (Fsp3) is 0.615. The van der Waals surface area contributed by atoms with E-state index in [1.54, 1.807) is 11.3 Å². The van der Waals surface area contributed by atoms with Crippen LogP contribution in [-0.2, 0) is 16.1 Å². The molecular weight excluding hydrogens is 234 g/mol. The first-order valence-corrected chi connectivity index (χ1v) is 6.87. The van der Waals surface area contributed by atoms with Crippen LogP contribution in [0.4, 0.5) is 0 Å². The Hall–Kier alpha value is -0.870. The van der Waals surface area contributed by atoms with Gasteiger partial charge >= 0.3 is 5.97 Å². The molecule has 0 aromatic carbocycles. The summed E-state index contributed by atoms with van der Waals surface area (Å²) in [5.74, 6) is 0.661. The average Bonchev–Trinajstić information content (AvgIpc) is 2.77. The maximum atomic E-state index is 11.6. The molecule has 0 aliphatic carbocycles. The van der Waals surface area contributed by atoms with Crippen molar-refractivity contribution in [2.45, 2.75) is 33.3 Å². The van der Waals surface area contributed by atoms with Crippen molar-refractivity contribution in [2.75, 3.05) is 6.54 Å². The van der Waals surface area contributed by atoms with Gasteiger partial charge in [0.15, 0.2) is 0 Å². The zero-order chi connectivity index (χ0) is 12.7. The number of ether oxygens (including phenoxy) is 1. The minimum absolute atomic E-state index is 0.144. The minimum Gasteiger partial charge on any atom is -0.460 e. The van der Waals surface area contributed by atoms with Crippen LogP contribution in [0.2, 0.25) is 0 Å². The molecule has 96 valence electrons. The highest BCUT2D eigenvalue weighted by Gasteiger charge is 2.15. The van der Waals surface area contributed by atoms with E-state index >= 15 is 0 Å². The van der Waals surface area contributed by atoms with E-state index in [1.165, 1.54) is 0 Å². The van der Waals surface area contributed by atoms with E-state index in [1.807, 2.05) is 17.5 Å². The van der Waals surface area contributed by atoms with Gasteiger partial charge in [-0.25, -0.2) is 0 Å². The summed E-state index contributed by atoms with van der Waals surface area (Å²) in [4.78, 5) is 12.7. The molecule has 1 aromatic heterocycles. The van der Waals surface area contributed by atoms with Crippen LogP contribution in [0.1, 0.15) is 31.6 Å². The Morgan fingerprint density at radius 3 is 2.82 bits per heavy atom. The summed E-state index contributed by atoms with van der Waals surface area (Å²) in [7, 11) is 0. The van der Waals surface area contributed by atoms with Crippen LogP contribution in [-0.4, -0.2) is 12.5 Å². The van der Waals surface area contributed by atoms with Gasteiger partial charge in [-0.15, -0.1) is 11.3 Å². The van der Waals surface area contributed by atoms with E-state index in [2.05, 4.69) is 13.8 Å². The highest BCUT2D eigenvalue weighted by Crippen LogP contribution is 2.16. The smallest absolute Gasteiger partial charge is 0.306 e. The van der Waals surface area contributed by atoms with Crippen molar-refractivity contribution in [3.8, 4) is 0 Å². The molecule has 1 atom stereocenters. The molecular formula is C13H21NO2S. The summed E-state index contributed by atoms with van der Waals surface area (Å²) >= 11 is 1.60. The predicted octanol–water partition coefficient (Wildman–Crippen LogP) is 2.80. The SMILES string of the molecule is CC(C)C[C@H](CN)CC(=O)OCc1cccs1. The van der Waals surface area contributed by atoms with Gasteiger partial charge in [0.05, 0.1) is 0 Å². The number of rotatable bonds is 7. The maximum absolute atomic E-state index is 11.6. The molecule has 0 aliphatic rings. The summed E-state index contributed by atoms with van der Waals surface area (Å²) in [5.41, 5.74) is 5.65. The van der Waals surface area contributed by atoms with Crippen LogP contribution < -0.4 is 5.73 Å². The van der Waals surface area contributed by atoms with Crippen LogP contribution >= 0.6 is 11.3 Å². The number of nitrogens with two attached hydrogens (primary N) is 1. The van der Waals surface area contributed by atoms with Gasteiger partial charge in [-0.05, 0) is 36.2 Å². The first-order chi connectivity index (χ1) is 8.11. The quantitative estimate of drug-likeness (QED) is 0.762. The van der Waals surface area contributed by atoms with Crippen LogP contribution in [0.3, 0.4) is 0 Å². The normalized spacial score (nSPS) is 12.7. The van der Waals surface area contributed by atoms with Crippen molar-refractivity contribution in [3.05, 3.63) is 22.4 Å². The number of hydrogen-bond acceptors (Lipinski definition) is 4. The van der Waals surface area contributed by atoms with E-state index in [0.717, 1.165) is 11.3 Å². The number of thiophene rings is 1. The Morgan fingerprint density at radius 2 is 2.29 bits per heavy atom. The summed E-state index contributed by atoms with van der Waals surface area (Å²) in [6.07, 6.45) is 1.41. The van der Waals surface area contributed by atoms with Gasteiger partial charge in [0.2, 0.25) is 0 Å². The molecule has 0 saturated heterocycles. The van der Waals surface area contributed by atoms with Crippen molar-refractivity contribution < 1.29 is 9.53 Å². The first kappa shape index (κ1) is 14.2. The van der Waals surface area contributed by atoms with Crippen LogP contribution in [0.25, 0.3) is 0 Å². The fourth-order valence-corrected chi connectivity index (χ4v) is 2.39. The van der Waals surface area contributed by atoms with Crippen molar-refractivity contribution >= 4 is 17.3 Å².